The monoisotopic (exact) mass is 329 g/mol. The normalized spacial score (nSPS) is 20.2. The van der Waals surface area contributed by atoms with Gasteiger partial charge in [0.2, 0.25) is 5.91 Å². The van der Waals surface area contributed by atoms with Gasteiger partial charge in [0.05, 0.1) is 11.5 Å². The van der Waals surface area contributed by atoms with Crippen molar-refractivity contribution < 1.29 is 13.2 Å². The van der Waals surface area contributed by atoms with Crippen LogP contribution in [0.5, 0.6) is 0 Å². The quantitative estimate of drug-likeness (QED) is 0.836. The summed E-state index contributed by atoms with van der Waals surface area (Å²) in [5.41, 5.74) is 1.41. The van der Waals surface area contributed by atoms with E-state index in [4.69, 9.17) is 0 Å². The molecule has 1 atom stereocenters. The Bertz CT molecular complexity index is 717. The highest BCUT2D eigenvalue weighted by molar-refractivity contribution is 7.91. The molecule has 124 valence electrons. The van der Waals surface area contributed by atoms with Crippen molar-refractivity contribution in [2.24, 2.45) is 0 Å². The van der Waals surface area contributed by atoms with Crippen LogP contribution in [-0.4, -0.2) is 52.9 Å². The fourth-order valence-corrected chi connectivity index (χ4v) is 4.68. The van der Waals surface area contributed by atoms with E-state index in [1.807, 2.05) is 20.8 Å². The van der Waals surface area contributed by atoms with Gasteiger partial charge in [-0.1, -0.05) is 0 Å². The number of aryl methyl sites for hydroxylation is 1. The molecular formula is C14H23N3O4S. The fraction of sp³-hybridized carbons (Fsp3) is 0.714. The average Bonchev–Trinajstić information content (AvgIpc) is 2.90. The van der Waals surface area contributed by atoms with E-state index < -0.39 is 9.84 Å². The first-order valence-electron chi connectivity index (χ1n) is 7.51. The number of aromatic nitrogens is 2. The number of sulfone groups is 1. The van der Waals surface area contributed by atoms with Crippen LogP contribution in [0.4, 0.5) is 0 Å². The summed E-state index contributed by atoms with van der Waals surface area (Å²) < 4.78 is 24.7. The number of hydrogen-bond donors (Lipinski definition) is 1. The summed E-state index contributed by atoms with van der Waals surface area (Å²) in [7, 11) is -3.02. The smallest absolute Gasteiger partial charge is 0.325 e. The second kappa shape index (κ2) is 6.28. The summed E-state index contributed by atoms with van der Waals surface area (Å²) in [6.45, 7) is 6.29. The highest BCUT2D eigenvalue weighted by Gasteiger charge is 2.33. The number of hydrogen-bond acceptors (Lipinski definition) is 4. The number of carbonyl (C=O) groups is 1. The van der Waals surface area contributed by atoms with Gasteiger partial charge in [0.25, 0.3) is 0 Å². The first-order valence-corrected chi connectivity index (χ1v) is 9.33. The zero-order valence-corrected chi connectivity index (χ0v) is 14.1. The Hall–Kier alpha value is -1.57. The lowest BCUT2D eigenvalue weighted by Crippen LogP contribution is -2.41. The number of carbonyl (C=O) groups excluding carboxylic acids is 1. The van der Waals surface area contributed by atoms with E-state index in [2.05, 4.69) is 4.98 Å². The maximum absolute atomic E-state index is 12.4. The number of H-pyrrole nitrogens is 1. The summed E-state index contributed by atoms with van der Waals surface area (Å²) in [6, 6.07) is -0.228. The molecule has 0 saturated carbocycles. The van der Waals surface area contributed by atoms with Gasteiger partial charge in [-0.05, 0) is 27.2 Å². The van der Waals surface area contributed by atoms with Crippen molar-refractivity contribution in [2.45, 2.75) is 46.2 Å². The molecule has 1 saturated heterocycles. The van der Waals surface area contributed by atoms with Gasteiger partial charge in [-0.25, -0.2) is 13.2 Å². The SMILES string of the molecule is CCN(C(=O)CCn1c(C)c(C)[nH]c1=O)C1CCS(=O)(=O)C1. The maximum Gasteiger partial charge on any atom is 0.325 e. The van der Waals surface area contributed by atoms with Gasteiger partial charge < -0.3 is 9.88 Å². The number of nitrogens with one attached hydrogen (secondary N) is 1. The van der Waals surface area contributed by atoms with Gasteiger partial charge in [0.15, 0.2) is 9.84 Å². The van der Waals surface area contributed by atoms with Gasteiger partial charge in [-0.15, -0.1) is 0 Å². The Kier molecular flexibility index (Phi) is 4.79. The van der Waals surface area contributed by atoms with Crippen molar-refractivity contribution in [3.8, 4) is 0 Å². The molecule has 1 aliphatic heterocycles. The standard InChI is InChI=1S/C14H23N3O4S/c1-4-16(12-6-8-22(20,21)9-12)13(18)5-7-17-11(3)10(2)15-14(17)19/h12H,4-9H2,1-3H3,(H,15,19). The van der Waals surface area contributed by atoms with Crippen LogP contribution in [0.1, 0.15) is 31.2 Å². The molecule has 1 aromatic rings. The number of imidazole rings is 1. The van der Waals surface area contributed by atoms with Gasteiger partial charge in [-0.2, -0.15) is 0 Å². The van der Waals surface area contributed by atoms with Crippen LogP contribution in [0, 0.1) is 13.8 Å². The molecule has 22 heavy (non-hydrogen) atoms. The van der Waals surface area contributed by atoms with Gasteiger partial charge in [0.1, 0.15) is 0 Å². The fourth-order valence-electron chi connectivity index (χ4n) is 2.95. The lowest BCUT2D eigenvalue weighted by atomic mass is 10.2. The Labute approximate surface area is 130 Å². The van der Waals surface area contributed by atoms with Gasteiger partial charge in [-0.3, -0.25) is 9.36 Å². The largest absolute Gasteiger partial charge is 0.339 e. The van der Waals surface area contributed by atoms with Crippen molar-refractivity contribution in [3.05, 3.63) is 21.9 Å². The molecule has 2 rings (SSSR count). The number of rotatable bonds is 5. The third kappa shape index (κ3) is 3.43. The van der Waals surface area contributed by atoms with Gasteiger partial charge >= 0.3 is 5.69 Å². The summed E-state index contributed by atoms with van der Waals surface area (Å²) >= 11 is 0. The van der Waals surface area contributed by atoms with E-state index in [-0.39, 0.29) is 35.6 Å². The van der Waals surface area contributed by atoms with Crippen LogP contribution >= 0.6 is 0 Å². The molecule has 0 radical (unpaired) electrons. The van der Waals surface area contributed by atoms with Crippen molar-refractivity contribution in [2.75, 3.05) is 18.1 Å². The molecule has 0 spiro atoms. The van der Waals surface area contributed by atoms with E-state index in [1.54, 1.807) is 9.47 Å². The summed E-state index contributed by atoms with van der Waals surface area (Å²) in [5, 5.41) is 0. The van der Waals surface area contributed by atoms with Gasteiger partial charge in [0, 0.05) is 36.9 Å². The Morgan fingerprint density at radius 1 is 1.41 bits per heavy atom. The third-order valence-electron chi connectivity index (χ3n) is 4.35. The van der Waals surface area contributed by atoms with Crippen LogP contribution in [0.15, 0.2) is 4.79 Å². The van der Waals surface area contributed by atoms with Crippen molar-refractivity contribution in [3.63, 3.8) is 0 Å². The summed E-state index contributed by atoms with van der Waals surface area (Å²) in [6.07, 6.45) is 0.701. The zero-order chi connectivity index (χ0) is 16.5. The molecule has 1 fully saturated rings. The molecule has 7 nitrogen and oxygen atoms in total. The molecule has 2 heterocycles. The molecule has 1 N–H and O–H groups in total. The predicted octanol–water partition coefficient (Wildman–Crippen LogP) is 0.219. The predicted molar refractivity (Wildman–Crippen MR) is 83.6 cm³/mol. The molecule has 1 aromatic heterocycles. The highest BCUT2D eigenvalue weighted by atomic mass is 32.2. The van der Waals surface area contributed by atoms with Crippen molar-refractivity contribution >= 4 is 15.7 Å². The second-order valence-electron chi connectivity index (χ2n) is 5.78. The lowest BCUT2D eigenvalue weighted by molar-refractivity contribution is -0.133. The zero-order valence-electron chi connectivity index (χ0n) is 13.3. The van der Waals surface area contributed by atoms with E-state index in [9.17, 15) is 18.0 Å². The molecule has 0 aliphatic carbocycles. The minimum Gasteiger partial charge on any atom is -0.339 e. The Morgan fingerprint density at radius 3 is 2.55 bits per heavy atom. The third-order valence-corrected chi connectivity index (χ3v) is 6.10. The van der Waals surface area contributed by atoms with Crippen molar-refractivity contribution in [1.82, 2.24) is 14.5 Å². The Morgan fingerprint density at radius 2 is 2.09 bits per heavy atom. The minimum absolute atomic E-state index is 0.0504. The maximum atomic E-state index is 12.4. The Balaban J connectivity index is 2.03. The first-order chi connectivity index (χ1) is 10.2. The number of aromatic amines is 1. The van der Waals surface area contributed by atoms with E-state index in [0.29, 0.717) is 19.5 Å². The molecule has 0 aromatic carbocycles. The summed E-state index contributed by atoms with van der Waals surface area (Å²) in [4.78, 5) is 28.5. The number of amides is 1. The van der Waals surface area contributed by atoms with Crippen molar-refractivity contribution in [1.29, 1.82) is 0 Å². The van der Waals surface area contributed by atoms with Crippen LogP contribution in [0.2, 0.25) is 0 Å². The highest BCUT2D eigenvalue weighted by Crippen LogP contribution is 2.18. The molecule has 8 heteroatoms. The second-order valence-corrected chi connectivity index (χ2v) is 8.01. The summed E-state index contributed by atoms with van der Waals surface area (Å²) in [5.74, 6) is 0.0982. The topological polar surface area (TPSA) is 92.2 Å². The van der Waals surface area contributed by atoms with Crippen LogP contribution < -0.4 is 5.69 Å². The molecule has 0 bridgehead atoms. The number of nitrogens with zero attached hydrogens (tertiary/aromatic N) is 2. The van der Waals surface area contributed by atoms with E-state index >= 15 is 0 Å². The minimum atomic E-state index is -3.02. The molecule has 1 amide bonds. The molecule has 1 unspecified atom stereocenters. The molecular weight excluding hydrogens is 306 g/mol. The molecule has 1 aliphatic rings. The van der Waals surface area contributed by atoms with Crippen LogP contribution in [0.25, 0.3) is 0 Å². The van der Waals surface area contributed by atoms with Crippen LogP contribution in [0.3, 0.4) is 0 Å². The first kappa shape index (κ1) is 16.8. The average molecular weight is 329 g/mol. The van der Waals surface area contributed by atoms with E-state index in [1.165, 1.54) is 0 Å². The lowest BCUT2D eigenvalue weighted by Gasteiger charge is -2.27. The van der Waals surface area contributed by atoms with E-state index in [0.717, 1.165) is 11.4 Å². The van der Waals surface area contributed by atoms with Crippen LogP contribution in [-0.2, 0) is 21.2 Å².